The van der Waals surface area contributed by atoms with Crippen molar-refractivity contribution in [2.45, 2.75) is 392 Å². The zero-order valence-electron chi connectivity index (χ0n) is 56.8. The molecule has 0 radical (unpaired) electrons. The van der Waals surface area contributed by atoms with E-state index in [9.17, 15) is 19.5 Å². The van der Waals surface area contributed by atoms with Gasteiger partial charge in [-0.25, -0.2) is 0 Å². The number of carboxylic acids is 1. The minimum atomic E-state index is -1.62. The van der Waals surface area contributed by atoms with E-state index in [-0.39, 0.29) is 32.2 Å². The zero-order chi connectivity index (χ0) is 61.2. The van der Waals surface area contributed by atoms with Crippen LogP contribution in [0.25, 0.3) is 0 Å². The molecule has 0 aromatic rings. The van der Waals surface area contributed by atoms with Crippen LogP contribution in [0.1, 0.15) is 380 Å². The zero-order valence-corrected chi connectivity index (χ0v) is 56.8. The van der Waals surface area contributed by atoms with Crippen LogP contribution in [0.3, 0.4) is 0 Å². The molecule has 0 aromatic heterocycles. The quantitative estimate of drug-likeness (QED) is 0.0195. The Balaban J connectivity index is 4.02. The molecule has 9 nitrogen and oxygen atoms in total. The van der Waals surface area contributed by atoms with E-state index in [1.807, 2.05) is 21.1 Å². The predicted octanol–water partition coefficient (Wildman–Crippen LogP) is 21.6. The van der Waals surface area contributed by atoms with Crippen molar-refractivity contribution in [1.82, 2.24) is 0 Å². The number of allylic oxidation sites excluding steroid dienone is 4. The highest BCUT2D eigenvalue weighted by atomic mass is 16.7. The Kier molecular flexibility index (Phi) is 64.9. The fraction of sp³-hybridized carbons (Fsp3) is 0.907. The van der Waals surface area contributed by atoms with Gasteiger partial charge in [-0.1, -0.05) is 346 Å². The maximum absolute atomic E-state index is 12.9. The van der Waals surface area contributed by atoms with Gasteiger partial charge in [0.2, 0.25) is 0 Å². The summed E-state index contributed by atoms with van der Waals surface area (Å²) >= 11 is 0. The van der Waals surface area contributed by atoms with Crippen molar-refractivity contribution in [2.24, 2.45) is 0 Å². The lowest BCUT2D eigenvalue weighted by Crippen LogP contribution is -2.44. The molecule has 0 rings (SSSR count). The molecule has 2 unspecified atom stereocenters. The number of nitrogens with zero attached hydrogens (tertiary/aromatic N) is 1. The molecule has 0 amide bonds. The lowest BCUT2D eigenvalue weighted by molar-refractivity contribution is -0.870. The first-order valence-electron chi connectivity index (χ1n) is 37.0. The van der Waals surface area contributed by atoms with Gasteiger partial charge in [0.05, 0.1) is 40.3 Å². The lowest BCUT2D eigenvalue weighted by Gasteiger charge is -2.26. The van der Waals surface area contributed by atoms with Gasteiger partial charge in [0, 0.05) is 12.8 Å². The van der Waals surface area contributed by atoms with E-state index in [4.69, 9.17) is 18.9 Å². The summed E-state index contributed by atoms with van der Waals surface area (Å²) in [5, 5.41) is 11.8. The maximum Gasteiger partial charge on any atom is 0.306 e. The molecule has 84 heavy (non-hydrogen) atoms. The summed E-state index contributed by atoms with van der Waals surface area (Å²) in [5.74, 6) is -2.25. The largest absolute Gasteiger partial charge is 0.545 e. The van der Waals surface area contributed by atoms with Crippen molar-refractivity contribution in [2.75, 3.05) is 47.5 Å². The molecular formula is C75H143NO8. The van der Waals surface area contributed by atoms with E-state index < -0.39 is 24.3 Å². The summed E-state index contributed by atoms with van der Waals surface area (Å²) in [6.45, 7) is 4.82. The lowest BCUT2D eigenvalue weighted by atomic mass is 10.0. The molecule has 0 spiro atoms. The molecule has 0 aliphatic heterocycles. The van der Waals surface area contributed by atoms with E-state index in [0.717, 1.165) is 44.9 Å². The van der Waals surface area contributed by atoms with Crippen LogP contribution in [0.4, 0.5) is 0 Å². The topological polar surface area (TPSA) is 111 Å². The van der Waals surface area contributed by atoms with Gasteiger partial charge >= 0.3 is 11.9 Å². The summed E-state index contributed by atoms with van der Waals surface area (Å²) in [6.07, 6.45) is 79.9. The van der Waals surface area contributed by atoms with Gasteiger partial charge in [0.15, 0.2) is 12.4 Å². The molecule has 0 heterocycles. The van der Waals surface area contributed by atoms with Crippen LogP contribution in [0.15, 0.2) is 24.3 Å². The third-order valence-corrected chi connectivity index (χ3v) is 17.0. The summed E-state index contributed by atoms with van der Waals surface area (Å²) in [4.78, 5) is 37.5. The van der Waals surface area contributed by atoms with Crippen molar-refractivity contribution in [1.29, 1.82) is 0 Å². The van der Waals surface area contributed by atoms with Crippen LogP contribution < -0.4 is 5.11 Å². The average Bonchev–Trinajstić information content (AvgIpc) is 3.51. The van der Waals surface area contributed by atoms with Crippen molar-refractivity contribution in [3.63, 3.8) is 0 Å². The van der Waals surface area contributed by atoms with Gasteiger partial charge in [-0.2, -0.15) is 0 Å². The minimum Gasteiger partial charge on any atom is -0.545 e. The number of aliphatic carboxylic acids is 1. The molecule has 0 N–H and O–H groups in total. The monoisotopic (exact) mass is 1190 g/mol. The number of esters is 2. The highest BCUT2D eigenvalue weighted by molar-refractivity contribution is 5.70. The van der Waals surface area contributed by atoms with Crippen molar-refractivity contribution >= 4 is 17.9 Å². The molecule has 0 aliphatic carbocycles. The summed E-state index contributed by atoms with van der Waals surface area (Å²) in [7, 11) is 5.95. The average molecular weight is 1190 g/mol. The number of likely N-dealkylation sites (N-methyl/N-ethyl adjacent to an activating group) is 1. The summed E-state index contributed by atoms with van der Waals surface area (Å²) in [5.41, 5.74) is 0. The first kappa shape index (κ1) is 81.8. The summed E-state index contributed by atoms with van der Waals surface area (Å²) in [6, 6.07) is 0. The van der Waals surface area contributed by atoms with Gasteiger partial charge in [-0.3, -0.25) is 9.59 Å². The Morgan fingerprint density at radius 3 is 0.940 bits per heavy atom. The number of hydrogen-bond acceptors (Lipinski definition) is 8. The van der Waals surface area contributed by atoms with Crippen LogP contribution in [0.2, 0.25) is 0 Å². The van der Waals surface area contributed by atoms with E-state index in [1.54, 1.807) is 0 Å². The van der Waals surface area contributed by atoms with Gasteiger partial charge in [0.25, 0.3) is 0 Å². The van der Waals surface area contributed by atoms with E-state index in [0.29, 0.717) is 17.4 Å². The van der Waals surface area contributed by atoms with E-state index in [2.05, 4.69) is 38.2 Å². The minimum absolute atomic E-state index is 0.152. The number of quaternary nitrogens is 1. The molecule has 0 fully saturated rings. The molecule has 496 valence electrons. The second-order valence-corrected chi connectivity index (χ2v) is 26.6. The van der Waals surface area contributed by atoms with E-state index >= 15 is 0 Å². The van der Waals surface area contributed by atoms with Crippen LogP contribution in [-0.2, 0) is 33.3 Å². The van der Waals surface area contributed by atoms with Crippen LogP contribution >= 0.6 is 0 Å². The van der Waals surface area contributed by atoms with Crippen LogP contribution in [0.5, 0.6) is 0 Å². The van der Waals surface area contributed by atoms with Gasteiger partial charge in [0.1, 0.15) is 13.2 Å². The first-order chi connectivity index (χ1) is 41.1. The first-order valence-corrected chi connectivity index (χ1v) is 37.0. The summed E-state index contributed by atoms with van der Waals surface area (Å²) < 4.78 is 22.9. The Morgan fingerprint density at radius 1 is 0.357 bits per heavy atom. The van der Waals surface area contributed by atoms with Crippen molar-refractivity contribution in [3.8, 4) is 0 Å². The molecule has 0 saturated heterocycles. The third kappa shape index (κ3) is 67.3. The van der Waals surface area contributed by atoms with E-state index in [1.165, 1.54) is 308 Å². The fourth-order valence-corrected chi connectivity index (χ4v) is 11.3. The number of ether oxygens (including phenoxy) is 4. The molecule has 2 atom stereocenters. The third-order valence-electron chi connectivity index (χ3n) is 17.0. The molecule has 0 aromatic carbocycles. The maximum atomic E-state index is 12.9. The van der Waals surface area contributed by atoms with Crippen molar-refractivity contribution < 1.29 is 42.9 Å². The fourth-order valence-electron chi connectivity index (χ4n) is 11.3. The molecule has 9 heteroatoms. The molecule has 0 aliphatic rings. The number of carboxylic acid groups (broad SMARTS) is 1. The molecule has 0 saturated carbocycles. The molecular weight excluding hydrogens is 1040 g/mol. The Bertz CT molecular complexity index is 1430. The highest BCUT2D eigenvalue weighted by Crippen LogP contribution is 2.19. The smallest absolute Gasteiger partial charge is 0.306 e. The number of rotatable bonds is 70. The number of hydrogen-bond donors (Lipinski definition) is 0. The normalized spacial score (nSPS) is 12.7. The SMILES string of the molecule is CCCCCCC/C=C\C/C=C\CCCCCCCCCCCCCCCCCCCCCCCC(=O)OC(COC(=O)CCCCCCCCCCCCCCCCCCCCCCCCCCCC)COC(OCC[N+](C)(C)C)C(=O)[O-]. The number of unbranched alkanes of at least 4 members (excludes halogenated alkanes) is 51. The van der Waals surface area contributed by atoms with Crippen LogP contribution in [-0.4, -0.2) is 82.3 Å². The number of carbonyl (C=O) groups is 3. The molecule has 0 bridgehead atoms. The Labute approximate surface area is 522 Å². The van der Waals surface area contributed by atoms with Gasteiger partial charge in [-0.05, 0) is 44.9 Å². The number of carbonyl (C=O) groups excluding carboxylic acids is 3. The van der Waals surface area contributed by atoms with Gasteiger partial charge < -0.3 is 33.3 Å². The van der Waals surface area contributed by atoms with Crippen molar-refractivity contribution in [3.05, 3.63) is 24.3 Å². The predicted molar refractivity (Wildman–Crippen MR) is 357 cm³/mol. The highest BCUT2D eigenvalue weighted by Gasteiger charge is 2.22. The standard InChI is InChI=1S/C75H143NO8/c1-6-8-10-12-14-16-18-20-22-24-26-28-30-32-34-35-36-37-38-39-40-42-44-46-48-50-52-54-56-58-60-62-64-66-73(78)84-71(70-83-75(74(79)80)81-68-67-76(3,4)5)69-82-72(77)65-63-61-59-57-55-53-51-49-47-45-43-41-33-31-29-27-25-23-21-19-17-15-13-11-9-7-2/h18,20,24,26,71,75H,6-17,19,21-23,25,27-70H2,1-5H3/b20-18-,26-24-. The van der Waals surface area contributed by atoms with Crippen LogP contribution in [0, 0.1) is 0 Å². The second-order valence-electron chi connectivity index (χ2n) is 26.6. The van der Waals surface area contributed by atoms with Gasteiger partial charge in [-0.15, -0.1) is 0 Å². The Hall–Kier alpha value is -2.23. The second kappa shape index (κ2) is 66.7. The Morgan fingerprint density at radius 2 is 0.643 bits per heavy atom.